The summed E-state index contributed by atoms with van der Waals surface area (Å²) in [6.45, 7) is 2.53. The summed E-state index contributed by atoms with van der Waals surface area (Å²) in [7, 11) is 0. The quantitative estimate of drug-likeness (QED) is 0.828. The molecule has 1 aromatic rings. The van der Waals surface area contributed by atoms with E-state index in [2.05, 4.69) is 21.2 Å². The summed E-state index contributed by atoms with van der Waals surface area (Å²) in [4.78, 5) is 12.5. The van der Waals surface area contributed by atoms with Crippen molar-refractivity contribution >= 4 is 44.7 Å². The molecule has 1 aliphatic heterocycles. The predicted octanol–water partition coefficient (Wildman–Crippen LogP) is 2.45. The summed E-state index contributed by atoms with van der Waals surface area (Å²) >= 11 is 8.36. The van der Waals surface area contributed by atoms with E-state index in [1.54, 1.807) is 12.1 Å². The van der Waals surface area contributed by atoms with Crippen molar-refractivity contribution in [2.45, 2.75) is 19.4 Å². The van der Waals surface area contributed by atoms with Crippen LogP contribution in [0.5, 0.6) is 0 Å². The Hall–Kier alpha value is -0.980. The number of hydrogen-bond donors (Lipinski definition) is 2. The van der Waals surface area contributed by atoms with Crippen LogP contribution in [0.2, 0.25) is 0 Å². The molecular weight excluding hydrogens is 328 g/mol. The van der Waals surface area contributed by atoms with Crippen LogP contribution >= 0.6 is 28.1 Å². The highest BCUT2D eigenvalue weighted by molar-refractivity contribution is 9.10. The summed E-state index contributed by atoms with van der Waals surface area (Å²) in [5, 5.41) is 2.89. The molecular formula is C13H15BrN2O2S. The van der Waals surface area contributed by atoms with Crippen molar-refractivity contribution in [2.24, 2.45) is 11.7 Å². The van der Waals surface area contributed by atoms with Crippen molar-refractivity contribution in [1.82, 2.24) is 0 Å². The van der Waals surface area contributed by atoms with Crippen molar-refractivity contribution in [3.63, 3.8) is 0 Å². The first kappa shape index (κ1) is 14.4. The Morgan fingerprint density at radius 2 is 2.32 bits per heavy atom. The molecule has 2 rings (SSSR count). The van der Waals surface area contributed by atoms with Crippen LogP contribution in [0, 0.1) is 5.92 Å². The van der Waals surface area contributed by atoms with Crippen LogP contribution in [0.25, 0.3) is 0 Å². The van der Waals surface area contributed by atoms with Gasteiger partial charge in [-0.1, -0.05) is 28.1 Å². The normalized spacial score (nSPS) is 22.2. The van der Waals surface area contributed by atoms with E-state index < -0.39 is 0 Å². The molecule has 1 fully saturated rings. The number of anilines is 1. The molecule has 2 atom stereocenters. The largest absolute Gasteiger partial charge is 0.389 e. The van der Waals surface area contributed by atoms with Gasteiger partial charge in [0.2, 0.25) is 5.91 Å². The Kier molecular flexibility index (Phi) is 4.54. The van der Waals surface area contributed by atoms with Crippen molar-refractivity contribution in [3.05, 3.63) is 28.2 Å². The van der Waals surface area contributed by atoms with Crippen molar-refractivity contribution in [1.29, 1.82) is 0 Å². The van der Waals surface area contributed by atoms with Gasteiger partial charge < -0.3 is 15.8 Å². The van der Waals surface area contributed by atoms with E-state index >= 15 is 0 Å². The highest BCUT2D eigenvalue weighted by atomic mass is 79.9. The van der Waals surface area contributed by atoms with Crippen LogP contribution < -0.4 is 11.1 Å². The number of carbonyl (C=O) groups excluding carboxylic acids is 1. The van der Waals surface area contributed by atoms with Crippen molar-refractivity contribution in [2.75, 3.05) is 11.9 Å². The van der Waals surface area contributed by atoms with Gasteiger partial charge in [-0.2, -0.15) is 0 Å². The minimum Gasteiger partial charge on any atom is -0.389 e. The Morgan fingerprint density at radius 1 is 1.58 bits per heavy atom. The molecule has 0 aromatic heterocycles. The van der Waals surface area contributed by atoms with Crippen LogP contribution in [-0.2, 0) is 9.53 Å². The van der Waals surface area contributed by atoms with Crippen LogP contribution in [0.1, 0.15) is 18.9 Å². The first-order valence-electron chi connectivity index (χ1n) is 6.01. The summed E-state index contributed by atoms with van der Waals surface area (Å²) in [6.07, 6.45) is 0.684. The van der Waals surface area contributed by atoms with E-state index in [0.29, 0.717) is 17.9 Å². The molecule has 1 heterocycles. The van der Waals surface area contributed by atoms with Gasteiger partial charge in [-0.05, 0) is 31.5 Å². The zero-order valence-corrected chi connectivity index (χ0v) is 12.9. The molecule has 1 saturated heterocycles. The van der Waals surface area contributed by atoms with E-state index in [9.17, 15) is 4.79 Å². The summed E-state index contributed by atoms with van der Waals surface area (Å²) in [5.41, 5.74) is 6.96. The summed E-state index contributed by atoms with van der Waals surface area (Å²) < 4.78 is 6.26. The number of nitrogens with two attached hydrogens (primary N) is 1. The molecule has 4 nitrogen and oxygen atoms in total. The molecule has 1 amide bonds. The number of nitrogens with one attached hydrogen (secondary N) is 1. The molecule has 0 spiro atoms. The van der Waals surface area contributed by atoms with Crippen molar-refractivity contribution < 1.29 is 9.53 Å². The average Bonchev–Trinajstić information content (AvgIpc) is 2.75. The van der Waals surface area contributed by atoms with Gasteiger partial charge in [-0.3, -0.25) is 4.79 Å². The summed E-state index contributed by atoms with van der Waals surface area (Å²) in [6, 6.07) is 5.43. The smallest absolute Gasteiger partial charge is 0.230 e. The molecule has 102 valence electrons. The molecule has 19 heavy (non-hydrogen) atoms. The van der Waals surface area contributed by atoms with Crippen LogP contribution in [0.4, 0.5) is 5.69 Å². The SMILES string of the molecule is CC1OCCC1C(=O)Nc1cc(Br)ccc1C(N)=S. The number of rotatable bonds is 3. The second-order valence-corrected chi connectivity index (χ2v) is 5.87. The number of halogens is 1. The van der Waals surface area contributed by atoms with Gasteiger partial charge in [0, 0.05) is 16.6 Å². The molecule has 0 radical (unpaired) electrons. The number of carbonyl (C=O) groups is 1. The van der Waals surface area contributed by atoms with Gasteiger partial charge in [0.25, 0.3) is 0 Å². The third kappa shape index (κ3) is 3.32. The maximum absolute atomic E-state index is 12.2. The Labute approximate surface area is 125 Å². The first-order valence-corrected chi connectivity index (χ1v) is 7.21. The van der Waals surface area contributed by atoms with E-state index in [1.807, 2.05) is 13.0 Å². The van der Waals surface area contributed by atoms with E-state index in [0.717, 1.165) is 10.9 Å². The van der Waals surface area contributed by atoms with E-state index in [1.165, 1.54) is 0 Å². The number of hydrogen-bond acceptors (Lipinski definition) is 3. The average molecular weight is 343 g/mol. The molecule has 2 unspecified atom stereocenters. The van der Waals surface area contributed by atoms with Gasteiger partial charge in [0.15, 0.2) is 0 Å². The Morgan fingerprint density at radius 3 is 2.89 bits per heavy atom. The molecule has 3 N–H and O–H groups in total. The highest BCUT2D eigenvalue weighted by Crippen LogP contribution is 2.25. The summed E-state index contributed by atoms with van der Waals surface area (Å²) in [5.74, 6) is -0.182. The standard InChI is InChI=1S/C13H15BrN2O2S/c1-7-9(4-5-18-7)13(17)16-11-6-8(14)2-3-10(11)12(15)19/h2-3,6-7,9H,4-5H2,1H3,(H2,15,19)(H,16,17). The second-order valence-electron chi connectivity index (χ2n) is 4.51. The maximum atomic E-state index is 12.2. The topological polar surface area (TPSA) is 64.3 Å². The predicted molar refractivity (Wildman–Crippen MR) is 82.2 cm³/mol. The third-order valence-corrected chi connectivity index (χ3v) is 3.93. The maximum Gasteiger partial charge on any atom is 0.230 e. The fourth-order valence-electron chi connectivity index (χ4n) is 2.14. The van der Waals surface area contributed by atoms with E-state index in [4.69, 9.17) is 22.7 Å². The number of ether oxygens (including phenoxy) is 1. The number of thiocarbonyl (C=S) groups is 1. The fourth-order valence-corrected chi connectivity index (χ4v) is 2.68. The lowest BCUT2D eigenvalue weighted by atomic mass is 10.0. The minimum absolute atomic E-state index is 0.0550. The molecule has 0 saturated carbocycles. The molecule has 1 aliphatic rings. The molecule has 1 aromatic carbocycles. The lowest BCUT2D eigenvalue weighted by Crippen LogP contribution is -2.28. The van der Waals surface area contributed by atoms with Gasteiger partial charge in [-0.15, -0.1) is 0 Å². The van der Waals surface area contributed by atoms with Gasteiger partial charge in [0.05, 0.1) is 17.7 Å². The van der Waals surface area contributed by atoms with Crippen LogP contribution in [0.3, 0.4) is 0 Å². The fraction of sp³-hybridized carbons (Fsp3) is 0.385. The van der Waals surface area contributed by atoms with Gasteiger partial charge >= 0.3 is 0 Å². The monoisotopic (exact) mass is 342 g/mol. The number of amides is 1. The molecule has 0 bridgehead atoms. The molecule has 6 heteroatoms. The zero-order chi connectivity index (χ0) is 14.0. The highest BCUT2D eigenvalue weighted by Gasteiger charge is 2.31. The Bertz CT molecular complexity index is 521. The lowest BCUT2D eigenvalue weighted by Gasteiger charge is -2.16. The van der Waals surface area contributed by atoms with E-state index in [-0.39, 0.29) is 22.9 Å². The lowest BCUT2D eigenvalue weighted by molar-refractivity contribution is -0.121. The first-order chi connectivity index (χ1) is 8.99. The third-order valence-electron chi connectivity index (χ3n) is 3.22. The Balaban J connectivity index is 2.20. The zero-order valence-electron chi connectivity index (χ0n) is 10.5. The minimum atomic E-state index is -0.127. The molecule has 0 aliphatic carbocycles. The van der Waals surface area contributed by atoms with Gasteiger partial charge in [-0.25, -0.2) is 0 Å². The van der Waals surface area contributed by atoms with Gasteiger partial charge in [0.1, 0.15) is 4.99 Å². The van der Waals surface area contributed by atoms with Crippen LogP contribution in [-0.4, -0.2) is 23.6 Å². The van der Waals surface area contributed by atoms with Crippen LogP contribution in [0.15, 0.2) is 22.7 Å². The van der Waals surface area contributed by atoms with Crippen molar-refractivity contribution in [3.8, 4) is 0 Å². The number of benzene rings is 1. The second kappa shape index (κ2) is 5.98.